The van der Waals surface area contributed by atoms with Gasteiger partial charge in [-0.2, -0.15) is 0 Å². The van der Waals surface area contributed by atoms with E-state index < -0.39 is 0 Å². The Balaban J connectivity index is 1.91. The van der Waals surface area contributed by atoms with Crippen LogP contribution in [0.15, 0.2) is 18.2 Å². The smallest absolute Gasteiger partial charge is 0.152 e. The predicted molar refractivity (Wildman–Crippen MR) is 80.4 cm³/mol. The van der Waals surface area contributed by atoms with Gasteiger partial charge in [0.05, 0.1) is 10.0 Å². The SMILES string of the molecule is Oc1c(Cl)cc(Nc2cc(Cl)nc(C3CC3)n2)cc1Cl. The molecule has 4 nitrogen and oxygen atoms in total. The molecule has 1 aromatic carbocycles. The van der Waals surface area contributed by atoms with Crippen LogP contribution in [0.25, 0.3) is 0 Å². The maximum atomic E-state index is 9.53. The number of hydrogen-bond acceptors (Lipinski definition) is 4. The highest BCUT2D eigenvalue weighted by molar-refractivity contribution is 6.37. The third-order valence-corrected chi connectivity index (χ3v) is 3.71. The van der Waals surface area contributed by atoms with E-state index in [9.17, 15) is 5.11 Å². The lowest BCUT2D eigenvalue weighted by Gasteiger charge is -2.09. The molecule has 1 aliphatic carbocycles. The topological polar surface area (TPSA) is 58.0 Å². The lowest BCUT2D eigenvalue weighted by atomic mass is 10.3. The molecule has 0 unspecified atom stereocenters. The van der Waals surface area contributed by atoms with Crippen LogP contribution in [0.2, 0.25) is 15.2 Å². The largest absolute Gasteiger partial charge is 0.505 e. The second kappa shape index (κ2) is 5.28. The van der Waals surface area contributed by atoms with Crippen molar-refractivity contribution < 1.29 is 5.11 Å². The van der Waals surface area contributed by atoms with Crippen molar-refractivity contribution in [3.05, 3.63) is 39.2 Å². The Kier molecular flexibility index (Phi) is 3.63. The first-order valence-corrected chi connectivity index (χ1v) is 7.16. The van der Waals surface area contributed by atoms with E-state index in [-0.39, 0.29) is 15.8 Å². The number of nitrogens with one attached hydrogen (secondary N) is 1. The maximum Gasteiger partial charge on any atom is 0.152 e. The number of hydrogen-bond donors (Lipinski definition) is 2. The number of nitrogens with zero attached hydrogens (tertiary/aromatic N) is 2. The number of rotatable bonds is 3. The monoisotopic (exact) mass is 329 g/mol. The van der Waals surface area contributed by atoms with Crippen LogP contribution in [0.1, 0.15) is 24.6 Å². The lowest BCUT2D eigenvalue weighted by Crippen LogP contribution is -1.99. The summed E-state index contributed by atoms with van der Waals surface area (Å²) in [7, 11) is 0. The van der Waals surface area contributed by atoms with Gasteiger partial charge in [0.15, 0.2) is 5.75 Å². The van der Waals surface area contributed by atoms with E-state index in [1.54, 1.807) is 18.2 Å². The number of aromatic hydroxyl groups is 1. The molecule has 1 aliphatic rings. The highest BCUT2D eigenvalue weighted by Gasteiger charge is 2.27. The fourth-order valence-electron chi connectivity index (χ4n) is 1.81. The van der Waals surface area contributed by atoms with E-state index in [0.29, 0.717) is 22.6 Å². The molecule has 0 radical (unpaired) electrons. The molecular weight excluding hydrogens is 321 g/mol. The molecule has 3 rings (SSSR count). The van der Waals surface area contributed by atoms with Gasteiger partial charge in [0.2, 0.25) is 0 Å². The zero-order chi connectivity index (χ0) is 14.3. The number of benzene rings is 1. The van der Waals surface area contributed by atoms with Gasteiger partial charge in [-0.3, -0.25) is 0 Å². The van der Waals surface area contributed by atoms with E-state index in [1.165, 1.54) is 0 Å². The van der Waals surface area contributed by atoms with Crippen LogP contribution in [0, 0.1) is 0 Å². The first-order valence-electron chi connectivity index (χ1n) is 6.02. The van der Waals surface area contributed by atoms with Gasteiger partial charge in [-0.1, -0.05) is 34.8 Å². The Labute approximate surface area is 130 Å². The van der Waals surface area contributed by atoms with Gasteiger partial charge in [0.1, 0.15) is 16.8 Å². The van der Waals surface area contributed by atoms with Crippen molar-refractivity contribution in [1.82, 2.24) is 9.97 Å². The van der Waals surface area contributed by atoms with Crippen molar-refractivity contribution in [3.63, 3.8) is 0 Å². The van der Waals surface area contributed by atoms with Crippen molar-refractivity contribution in [2.75, 3.05) is 5.32 Å². The van der Waals surface area contributed by atoms with Gasteiger partial charge >= 0.3 is 0 Å². The van der Waals surface area contributed by atoms with Crippen LogP contribution >= 0.6 is 34.8 Å². The second-order valence-corrected chi connectivity index (χ2v) is 5.82. The van der Waals surface area contributed by atoms with E-state index in [0.717, 1.165) is 18.7 Å². The van der Waals surface area contributed by atoms with E-state index in [1.807, 2.05) is 0 Å². The summed E-state index contributed by atoms with van der Waals surface area (Å²) in [5.74, 6) is 1.58. The van der Waals surface area contributed by atoms with E-state index in [4.69, 9.17) is 34.8 Å². The fraction of sp³-hybridized carbons (Fsp3) is 0.231. The average Bonchev–Trinajstić information content (AvgIpc) is 3.19. The summed E-state index contributed by atoms with van der Waals surface area (Å²) in [6.45, 7) is 0. The number of phenols is 1. The van der Waals surface area contributed by atoms with Crippen LogP contribution in [0.5, 0.6) is 5.75 Å². The maximum absolute atomic E-state index is 9.53. The van der Waals surface area contributed by atoms with E-state index in [2.05, 4.69) is 15.3 Å². The Morgan fingerprint density at radius 2 is 1.70 bits per heavy atom. The number of anilines is 2. The number of halogens is 3. The van der Waals surface area contributed by atoms with Crippen LogP contribution < -0.4 is 5.32 Å². The molecule has 1 fully saturated rings. The molecule has 2 N–H and O–H groups in total. The minimum Gasteiger partial charge on any atom is -0.505 e. The molecular formula is C13H10Cl3N3O. The van der Waals surface area contributed by atoms with Crippen molar-refractivity contribution in [2.45, 2.75) is 18.8 Å². The molecule has 0 amide bonds. The molecule has 0 bridgehead atoms. The predicted octanol–water partition coefficient (Wildman–Crippen LogP) is 4.76. The molecule has 104 valence electrons. The zero-order valence-electron chi connectivity index (χ0n) is 10.2. The van der Waals surface area contributed by atoms with Crippen LogP contribution in [0.3, 0.4) is 0 Å². The molecule has 2 aromatic rings. The van der Waals surface area contributed by atoms with Crippen molar-refractivity contribution in [2.24, 2.45) is 0 Å². The van der Waals surface area contributed by atoms with Crippen LogP contribution in [-0.2, 0) is 0 Å². The third kappa shape index (κ3) is 2.92. The van der Waals surface area contributed by atoms with Crippen molar-refractivity contribution >= 4 is 46.3 Å². The van der Waals surface area contributed by atoms with E-state index >= 15 is 0 Å². The normalized spacial score (nSPS) is 14.3. The highest BCUT2D eigenvalue weighted by atomic mass is 35.5. The summed E-state index contributed by atoms with van der Waals surface area (Å²) < 4.78 is 0. The average molecular weight is 331 g/mol. The van der Waals surface area contributed by atoms with Crippen molar-refractivity contribution in [1.29, 1.82) is 0 Å². The van der Waals surface area contributed by atoms with Crippen LogP contribution in [0.4, 0.5) is 11.5 Å². The lowest BCUT2D eigenvalue weighted by molar-refractivity contribution is 0.476. The molecule has 1 heterocycles. The molecule has 1 saturated carbocycles. The standard InChI is InChI=1S/C13H10Cl3N3O/c14-8-3-7(4-9(15)12(8)20)17-11-5-10(16)18-13(19-11)6-1-2-6/h3-6,20H,1-2H2,(H,17,18,19). The Morgan fingerprint density at radius 1 is 1.05 bits per heavy atom. The Morgan fingerprint density at radius 3 is 2.30 bits per heavy atom. The summed E-state index contributed by atoms with van der Waals surface area (Å²) in [5, 5.41) is 13.3. The van der Waals surface area contributed by atoms with Gasteiger partial charge in [-0.15, -0.1) is 0 Å². The molecule has 7 heteroatoms. The Bertz CT molecular complexity index is 651. The molecule has 1 aromatic heterocycles. The molecule has 0 atom stereocenters. The summed E-state index contributed by atoms with van der Waals surface area (Å²) in [6, 6.07) is 4.76. The molecule has 20 heavy (non-hydrogen) atoms. The first-order chi connectivity index (χ1) is 9.52. The quantitative estimate of drug-likeness (QED) is 0.629. The van der Waals surface area contributed by atoms with Gasteiger partial charge < -0.3 is 10.4 Å². The summed E-state index contributed by atoms with van der Waals surface area (Å²) in [5.41, 5.74) is 0.620. The van der Waals surface area contributed by atoms with Gasteiger partial charge in [-0.05, 0) is 25.0 Å². The van der Waals surface area contributed by atoms with Crippen LogP contribution in [-0.4, -0.2) is 15.1 Å². The summed E-state index contributed by atoms with van der Waals surface area (Å²) in [4.78, 5) is 8.63. The Hall–Kier alpha value is -1.23. The zero-order valence-corrected chi connectivity index (χ0v) is 12.5. The molecule has 0 saturated heterocycles. The minimum atomic E-state index is -0.140. The fourth-order valence-corrected chi connectivity index (χ4v) is 2.49. The summed E-state index contributed by atoms with van der Waals surface area (Å²) in [6.07, 6.45) is 2.19. The molecule has 0 aliphatic heterocycles. The third-order valence-electron chi connectivity index (χ3n) is 2.94. The van der Waals surface area contributed by atoms with Gasteiger partial charge in [-0.25, -0.2) is 9.97 Å². The molecule has 0 spiro atoms. The van der Waals surface area contributed by atoms with Crippen molar-refractivity contribution in [3.8, 4) is 5.75 Å². The number of phenolic OH excluding ortho intramolecular Hbond substituents is 1. The second-order valence-electron chi connectivity index (χ2n) is 4.62. The minimum absolute atomic E-state index is 0.140. The highest BCUT2D eigenvalue weighted by Crippen LogP contribution is 2.39. The summed E-state index contributed by atoms with van der Waals surface area (Å²) >= 11 is 17.7. The number of aromatic nitrogens is 2. The van der Waals surface area contributed by atoms with Gasteiger partial charge in [0, 0.05) is 17.7 Å². The first kappa shape index (κ1) is 13.7. The van der Waals surface area contributed by atoms with Gasteiger partial charge in [0.25, 0.3) is 0 Å².